The Morgan fingerprint density at radius 2 is 1.28 bits per heavy atom. The van der Waals surface area contributed by atoms with Crippen molar-refractivity contribution in [1.82, 2.24) is 9.38 Å². The lowest BCUT2D eigenvalue weighted by molar-refractivity contribution is 0.324. The predicted molar refractivity (Wildman–Crippen MR) is 141 cm³/mol. The Bertz CT molecular complexity index is 1380. The molecular weight excluding hydrogens is 530 g/mol. The highest BCUT2D eigenvalue weighted by Gasteiger charge is 2.20. The summed E-state index contributed by atoms with van der Waals surface area (Å²) in [6.07, 6.45) is 1.72. The van der Waals surface area contributed by atoms with E-state index in [1.165, 1.54) is 0 Å². The van der Waals surface area contributed by atoms with Crippen molar-refractivity contribution in [2.24, 2.45) is 4.99 Å². The van der Waals surface area contributed by atoms with Gasteiger partial charge in [0, 0.05) is 17.3 Å². The van der Waals surface area contributed by atoms with Crippen molar-refractivity contribution < 1.29 is 28.4 Å². The normalized spacial score (nSPS) is 11.1. The summed E-state index contributed by atoms with van der Waals surface area (Å²) in [5, 5.41) is 0. The fourth-order valence-electron chi connectivity index (χ4n) is 3.88. The number of aliphatic imine (C=N–C) groups is 1. The molecule has 2 heterocycles. The second kappa shape index (κ2) is 10.8. The highest BCUT2D eigenvalue weighted by Crippen LogP contribution is 2.44. The Labute approximate surface area is 217 Å². The van der Waals surface area contributed by atoms with Gasteiger partial charge in [-0.05, 0) is 52.3 Å². The van der Waals surface area contributed by atoms with Crippen LogP contribution in [-0.4, -0.2) is 58.3 Å². The van der Waals surface area contributed by atoms with Crippen LogP contribution in [0, 0.1) is 0 Å². The number of benzene rings is 2. The van der Waals surface area contributed by atoms with Gasteiger partial charge in [0.1, 0.15) is 11.3 Å². The molecule has 0 N–H and O–H groups in total. The number of pyridine rings is 1. The number of hydrogen-bond donors (Lipinski definition) is 0. The zero-order valence-corrected chi connectivity index (χ0v) is 22.4. The van der Waals surface area contributed by atoms with Crippen molar-refractivity contribution in [1.29, 1.82) is 0 Å². The van der Waals surface area contributed by atoms with E-state index in [9.17, 15) is 0 Å². The minimum absolute atomic E-state index is 0.496. The summed E-state index contributed by atoms with van der Waals surface area (Å²) in [6, 6.07) is 13.1. The third-order valence-corrected chi connectivity index (χ3v) is 6.15. The summed E-state index contributed by atoms with van der Waals surface area (Å²) in [6.45, 7) is 0. The first-order valence-electron chi connectivity index (χ1n) is 10.8. The average Bonchev–Trinajstić information content (AvgIpc) is 3.29. The number of nitrogens with zero attached hydrogens (tertiary/aromatic N) is 3. The Balaban J connectivity index is 1.93. The van der Waals surface area contributed by atoms with Crippen LogP contribution in [0.1, 0.15) is 5.56 Å². The van der Waals surface area contributed by atoms with Crippen molar-refractivity contribution in [3.63, 3.8) is 0 Å². The fraction of sp³-hybridized carbons (Fsp3) is 0.231. The van der Waals surface area contributed by atoms with Crippen LogP contribution in [0.3, 0.4) is 0 Å². The van der Waals surface area contributed by atoms with Crippen molar-refractivity contribution in [2.45, 2.75) is 0 Å². The summed E-state index contributed by atoms with van der Waals surface area (Å²) in [7, 11) is 9.42. The molecular formula is C26H26BrN3O6. The lowest BCUT2D eigenvalue weighted by Gasteiger charge is -2.14. The molecule has 0 aliphatic carbocycles. The van der Waals surface area contributed by atoms with E-state index in [2.05, 4.69) is 15.9 Å². The average molecular weight is 556 g/mol. The third kappa shape index (κ3) is 4.51. The van der Waals surface area contributed by atoms with Crippen molar-refractivity contribution in [3.05, 3.63) is 52.6 Å². The smallest absolute Gasteiger partial charge is 0.203 e. The SMILES string of the molecule is COc1cc(/C=N/c2c(-c3cc(OC)c(OC)c(OC)c3)nc3cccc(Br)n23)cc(OC)c1OC. The molecule has 0 saturated heterocycles. The van der Waals surface area contributed by atoms with E-state index in [4.69, 9.17) is 38.4 Å². The van der Waals surface area contributed by atoms with Gasteiger partial charge in [-0.15, -0.1) is 0 Å². The predicted octanol–water partition coefficient (Wildman–Crippen LogP) is 5.57. The molecule has 0 aliphatic rings. The minimum atomic E-state index is 0.496. The molecule has 0 fully saturated rings. The largest absolute Gasteiger partial charge is 0.493 e. The summed E-state index contributed by atoms with van der Waals surface area (Å²) in [4.78, 5) is 9.70. The van der Waals surface area contributed by atoms with Gasteiger partial charge in [0.25, 0.3) is 0 Å². The van der Waals surface area contributed by atoms with Gasteiger partial charge in [0.15, 0.2) is 28.8 Å². The second-order valence-corrected chi connectivity index (χ2v) is 8.27. The third-order valence-electron chi connectivity index (χ3n) is 5.53. The van der Waals surface area contributed by atoms with Crippen LogP contribution in [0.25, 0.3) is 16.9 Å². The molecule has 4 aromatic rings. The summed E-state index contributed by atoms with van der Waals surface area (Å²) in [5.41, 5.74) is 2.84. The molecule has 2 aromatic heterocycles. The zero-order valence-electron chi connectivity index (χ0n) is 20.8. The van der Waals surface area contributed by atoms with Gasteiger partial charge in [-0.2, -0.15) is 0 Å². The van der Waals surface area contributed by atoms with Gasteiger partial charge in [-0.1, -0.05) is 6.07 Å². The first kappa shape index (κ1) is 25.2. The van der Waals surface area contributed by atoms with Crippen LogP contribution in [0.2, 0.25) is 0 Å². The highest BCUT2D eigenvalue weighted by atomic mass is 79.9. The van der Waals surface area contributed by atoms with Crippen LogP contribution in [0.15, 0.2) is 52.1 Å². The fourth-order valence-corrected chi connectivity index (χ4v) is 4.38. The topological polar surface area (TPSA) is 85.0 Å². The molecule has 0 saturated carbocycles. The summed E-state index contributed by atoms with van der Waals surface area (Å²) >= 11 is 3.63. The molecule has 0 spiro atoms. The number of hydrogen-bond acceptors (Lipinski definition) is 8. The van der Waals surface area contributed by atoms with E-state index in [0.717, 1.165) is 15.7 Å². The molecule has 188 valence electrons. The molecule has 0 bridgehead atoms. The van der Waals surface area contributed by atoms with Crippen molar-refractivity contribution >= 4 is 33.6 Å². The van der Waals surface area contributed by atoms with Crippen LogP contribution in [0.5, 0.6) is 34.5 Å². The monoisotopic (exact) mass is 555 g/mol. The Hall–Kier alpha value is -3.92. The Morgan fingerprint density at radius 3 is 1.78 bits per heavy atom. The number of ether oxygens (including phenoxy) is 6. The van der Waals surface area contributed by atoms with Crippen molar-refractivity contribution in [2.75, 3.05) is 42.7 Å². The molecule has 36 heavy (non-hydrogen) atoms. The van der Waals surface area contributed by atoms with Crippen LogP contribution in [-0.2, 0) is 0 Å². The number of imidazole rings is 1. The van der Waals surface area contributed by atoms with Gasteiger partial charge in [0.05, 0.1) is 47.3 Å². The zero-order chi connectivity index (χ0) is 25.8. The van der Waals surface area contributed by atoms with Gasteiger partial charge >= 0.3 is 0 Å². The first-order chi connectivity index (χ1) is 17.5. The summed E-state index contributed by atoms with van der Waals surface area (Å²) < 4.78 is 35.7. The van der Waals surface area contributed by atoms with E-state index in [0.29, 0.717) is 51.7 Å². The molecule has 0 radical (unpaired) electrons. The molecule has 10 heteroatoms. The number of halogens is 1. The quantitative estimate of drug-likeness (QED) is 0.197. The number of fused-ring (bicyclic) bond motifs is 1. The van der Waals surface area contributed by atoms with E-state index < -0.39 is 0 Å². The molecule has 9 nitrogen and oxygen atoms in total. The van der Waals surface area contributed by atoms with Gasteiger partial charge in [-0.3, -0.25) is 4.40 Å². The molecule has 4 rings (SSSR count). The standard InChI is InChI=1S/C26H26BrN3O6/c1-31-17-10-15(11-18(32-2)24(17)35-5)14-28-26-23(29-22-9-7-8-21(27)30(22)26)16-12-19(33-3)25(36-6)20(13-16)34-4/h7-14H,1-6H3/b28-14+. The molecule has 0 atom stereocenters. The lowest BCUT2D eigenvalue weighted by atomic mass is 10.1. The Morgan fingerprint density at radius 1 is 0.750 bits per heavy atom. The van der Waals surface area contributed by atoms with Crippen LogP contribution < -0.4 is 28.4 Å². The lowest BCUT2D eigenvalue weighted by Crippen LogP contribution is -1.97. The van der Waals surface area contributed by atoms with Gasteiger partial charge in [0.2, 0.25) is 11.5 Å². The van der Waals surface area contributed by atoms with Crippen LogP contribution in [0.4, 0.5) is 5.82 Å². The van der Waals surface area contributed by atoms with Gasteiger partial charge < -0.3 is 28.4 Å². The molecule has 0 amide bonds. The minimum Gasteiger partial charge on any atom is -0.493 e. The highest BCUT2D eigenvalue weighted by molar-refractivity contribution is 9.10. The number of rotatable bonds is 9. The van der Waals surface area contributed by atoms with Gasteiger partial charge in [-0.25, -0.2) is 9.98 Å². The first-order valence-corrected chi connectivity index (χ1v) is 11.6. The number of methoxy groups -OCH3 is 6. The maximum absolute atomic E-state index is 5.55. The number of aromatic nitrogens is 2. The van der Waals surface area contributed by atoms with E-state index in [1.54, 1.807) is 48.9 Å². The Kier molecular flexibility index (Phi) is 7.54. The van der Waals surface area contributed by atoms with E-state index in [-0.39, 0.29) is 0 Å². The molecule has 2 aromatic carbocycles. The second-order valence-electron chi connectivity index (χ2n) is 7.46. The molecule has 0 aliphatic heterocycles. The van der Waals surface area contributed by atoms with E-state index >= 15 is 0 Å². The van der Waals surface area contributed by atoms with Crippen molar-refractivity contribution in [3.8, 4) is 45.8 Å². The van der Waals surface area contributed by atoms with E-state index in [1.807, 2.05) is 46.9 Å². The molecule has 0 unspecified atom stereocenters. The maximum Gasteiger partial charge on any atom is 0.203 e. The summed E-state index contributed by atoms with van der Waals surface area (Å²) in [5.74, 6) is 3.69. The van der Waals surface area contributed by atoms with Crippen LogP contribution >= 0.6 is 15.9 Å². The maximum atomic E-state index is 5.55.